The number of aryl methyl sites for hydroxylation is 1. The lowest BCUT2D eigenvalue weighted by molar-refractivity contribution is 0.0516. The van der Waals surface area contributed by atoms with Crippen LogP contribution >= 0.6 is 0 Å². The lowest BCUT2D eigenvalue weighted by Gasteiger charge is -2.09. The molecule has 0 unspecified atom stereocenters. The summed E-state index contributed by atoms with van der Waals surface area (Å²) >= 11 is 0. The van der Waals surface area contributed by atoms with Crippen molar-refractivity contribution >= 4 is 11.7 Å². The highest BCUT2D eigenvalue weighted by atomic mass is 16.5. The van der Waals surface area contributed by atoms with Crippen molar-refractivity contribution in [2.24, 2.45) is 7.05 Å². The number of aromatic nitrogens is 2. The van der Waals surface area contributed by atoms with Crippen LogP contribution < -0.4 is 5.32 Å². The Hall–Kier alpha value is -2.30. The van der Waals surface area contributed by atoms with E-state index in [0.29, 0.717) is 18.8 Å². The molecule has 0 aliphatic carbocycles. The molecule has 2 aromatic rings. The maximum atomic E-state index is 11.9. The molecule has 5 nitrogen and oxygen atoms in total. The predicted molar refractivity (Wildman–Crippen MR) is 72.9 cm³/mol. The van der Waals surface area contributed by atoms with E-state index in [2.05, 4.69) is 10.3 Å². The van der Waals surface area contributed by atoms with E-state index in [0.717, 1.165) is 11.3 Å². The second-order valence-corrected chi connectivity index (χ2v) is 4.12. The molecule has 0 atom stereocenters. The summed E-state index contributed by atoms with van der Waals surface area (Å²) in [6, 6.07) is 5.73. The third-order valence-corrected chi connectivity index (χ3v) is 2.77. The maximum absolute atomic E-state index is 11.9. The van der Waals surface area contributed by atoms with Gasteiger partial charge in [0.1, 0.15) is 0 Å². The predicted octanol–water partition coefficient (Wildman–Crippen LogP) is 2.21. The standard InChI is InChI=1S/C14H17N3O2/c1-3-19-14(18)13-12(6-9-17(13)2)16-10-11-4-7-15-8-5-11/h4-9,16H,3,10H2,1-2H3. The molecule has 0 saturated heterocycles. The van der Waals surface area contributed by atoms with Crippen LogP contribution in [-0.2, 0) is 18.3 Å². The molecule has 0 bridgehead atoms. The van der Waals surface area contributed by atoms with Crippen LogP contribution in [-0.4, -0.2) is 22.1 Å². The number of nitrogens with one attached hydrogen (secondary N) is 1. The molecule has 0 radical (unpaired) electrons. The van der Waals surface area contributed by atoms with Gasteiger partial charge in [0.05, 0.1) is 12.3 Å². The Morgan fingerprint density at radius 1 is 1.37 bits per heavy atom. The number of anilines is 1. The van der Waals surface area contributed by atoms with Gasteiger partial charge in [0.25, 0.3) is 0 Å². The van der Waals surface area contributed by atoms with Gasteiger partial charge in [-0.1, -0.05) is 0 Å². The van der Waals surface area contributed by atoms with Crippen LogP contribution in [0, 0.1) is 0 Å². The molecule has 1 N–H and O–H groups in total. The van der Waals surface area contributed by atoms with Crippen molar-refractivity contribution in [3.63, 3.8) is 0 Å². The first-order valence-corrected chi connectivity index (χ1v) is 6.17. The van der Waals surface area contributed by atoms with Gasteiger partial charge in [0, 0.05) is 32.2 Å². The van der Waals surface area contributed by atoms with E-state index in [4.69, 9.17) is 4.74 Å². The Morgan fingerprint density at radius 2 is 2.11 bits per heavy atom. The van der Waals surface area contributed by atoms with Crippen molar-refractivity contribution in [2.75, 3.05) is 11.9 Å². The quantitative estimate of drug-likeness (QED) is 0.836. The van der Waals surface area contributed by atoms with Gasteiger partial charge < -0.3 is 14.6 Å². The van der Waals surface area contributed by atoms with E-state index in [1.807, 2.05) is 31.4 Å². The molecule has 2 aromatic heterocycles. The number of hydrogen-bond acceptors (Lipinski definition) is 4. The Labute approximate surface area is 112 Å². The molecule has 0 aromatic carbocycles. The third-order valence-electron chi connectivity index (χ3n) is 2.77. The topological polar surface area (TPSA) is 56.1 Å². The number of esters is 1. The van der Waals surface area contributed by atoms with Crippen molar-refractivity contribution in [1.82, 2.24) is 9.55 Å². The number of carbonyl (C=O) groups excluding carboxylic acids is 1. The highest BCUT2D eigenvalue weighted by Gasteiger charge is 2.16. The van der Waals surface area contributed by atoms with Crippen molar-refractivity contribution in [2.45, 2.75) is 13.5 Å². The van der Waals surface area contributed by atoms with Crippen molar-refractivity contribution in [3.8, 4) is 0 Å². The average Bonchev–Trinajstić information content (AvgIpc) is 2.79. The van der Waals surface area contributed by atoms with Gasteiger partial charge in [-0.05, 0) is 30.7 Å². The Balaban J connectivity index is 2.11. The van der Waals surface area contributed by atoms with Crippen LogP contribution in [0.25, 0.3) is 0 Å². The highest BCUT2D eigenvalue weighted by Crippen LogP contribution is 2.18. The van der Waals surface area contributed by atoms with E-state index < -0.39 is 0 Å². The molecule has 100 valence electrons. The molecule has 0 saturated carbocycles. The number of hydrogen-bond donors (Lipinski definition) is 1. The van der Waals surface area contributed by atoms with Gasteiger partial charge in [-0.2, -0.15) is 0 Å². The van der Waals surface area contributed by atoms with E-state index in [9.17, 15) is 4.79 Å². The van der Waals surface area contributed by atoms with Gasteiger partial charge in [-0.15, -0.1) is 0 Å². The van der Waals surface area contributed by atoms with Crippen LogP contribution in [0.4, 0.5) is 5.69 Å². The van der Waals surface area contributed by atoms with Crippen LogP contribution in [0.5, 0.6) is 0 Å². The normalized spacial score (nSPS) is 10.2. The summed E-state index contributed by atoms with van der Waals surface area (Å²) in [5.74, 6) is -0.313. The zero-order valence-corrected chi connectivity index (χ0v) is 11.1. The summed E-state index contributed by atoms with van der Waals surface area (Å²) in [4.78, 5) is 15.8. The fourth-order valence-corrected chi connectivity index (χ4v) is 1.82. The van der Waals surface area contributed by atoms with Gasteiger partial charge in [0.15, 0.2) is 5.69 Å². The fraction of sp³-hybridized carbons (Fsp3) is 0.286. The molecule has 0 fully saturated rings. The van der Waals surface area contributed by atoms with E-state index in [1.54, 1.807) is 23.9 Å². The largest absolute Gasteiger partial charge is 0.461 e. The Bertz CT molecular complexity index is 549. The SMILES string of the molecule is CCOC(=O)c1c(NCc2ccncc2)ccn1C. The summed E-state index contributed by atoms with van der Waals surface area (Å²) in [5.41, 5.74) is 2.42. The number of nitrogens with zero attached hydrogens (tertiary/aromatic N) is 2. The summed E-state index contributed by atoms with van der Waals surface area (Å²) in [6.45, 7) is 2.80. The van der Waals surface area contributed by atoms with Crippen molar-refractivity contribution in [3.05, 3.63) is 48.0 Å². The van der Waals surface area contributed by atoms with E-state index in [1.165, 1.54) is 0 Å². The van der Waals surface area contributed by atoms with Crippen molar-refractivity contribution in [1.29, 1.82) is 0 Å². The lowest BCUT2D eigenvalue weighted by Crippen LogP contribution is -2.12. The minimum absolute atomic E-state index is 0.313. The monoisotopic (exact) mass is 259 g/mol. The smallest absolute Gasteiger partial charge is 0.357 e. The van der Waals surface area contributed by atoms with Crippen molar-refractivity contribution < 1.29 is 9.53 Å². The van der Waals surface area contributed by atoms with Gasteiger partial charge >= 0.3 is 5.97 Å². The minimum Gasteiger partial charge on any atom is -0.461 e. The molecular formula is C14H17N3O2. The second kappa shape index (κ2) is 6.04. The number of pyridine rings is 1. The second-order valence-electron chi connectivity index (χ2n) is 4.12. The zero-order chi connectivity index (χ0) is 13.7. The van der Waals surface area contributed by atoms with Gasteiger partial charge in [-0.3, -0.25) is 4.98 Å². The summed E-state index contributed by atoms with van der Waals surface area (Å²) < 4.78 is 6.81. The zero-order valence-electron chi connectivity index (χ0n) is 11.1. The van der Waals surface area contributed by atoms with Crippen LogP contribution in [0.3, 0.4) is 0 Å². The van der Waals surface area contributed by atoms with E-state index in [-0.39, 0.29) is 5.97 Å². The van der Waals surface area contributed by atoms with Crippen LogP contribution in [0.2, 0.25) is 0 Å². The highest BCUT2D eigenvalue weighted by molar-refractivity contribution is 5.94. The summed E-state index contributed by atoms with van der Waals surface area (Å²) in [5, 5.41) is 3.24. The lowest BCUT2D eigenvalue weighted by atomic mass is 10.2. The van der Waals surface area contributed by atoms with E-state index >= 15 is 0 Å². The first kappa shape index (κ1) is 13.1. The summed E-state index contributed by atoms with van der Waals surface area (Å²) in [6.07, 6.45) is 5.32. The molecule has 5 heteroatoms. The van der Waals surface area contributed by atoms with Gasteiger partial charge in [-0.25, -0.2) is 4.79 Å². The van der Waals surface area contributed by atoms with Gasteiger partial charge in [0.2, 0.25) is 0 Å². The number of rotatable bonds is 5. The number of ether oxygens (including phenoxy) is 1. The average molecular weight is 259 g/mol. The molecular weight excluding hydrogens is 242 g/mol. The first-order valence-electron chi connectivity index (χ1n) is 6.17. The summed E-state index contributed by atoms with van der Waals surface area (Å²) in [7, 11) is 1.82. The first-order chi connectivity index (χ1) is 9.22. The minimum atomic E-state index is -0.313. The van der Waals surface area contributed by atoms with Crippen LogP contribution in [0.15, 0.2) is 36.8 Å². The maximum Gasteiger partial charge on any atom is 0.357 e. The number of carbonyl (C=O) groups is 1. The fourth-order valence-electron chi connectivity index (χ4n) is 1.82. The molecule has 0 spiro atoms. The van der Waals surface area contributed by atoms with Crippen LogP contribution in [0.1, 0.15) is 23.0 Å². The molecule has 2 rings (SSSR count). The molecule has 2 heterocycles. The third kappa shape index (κ3) is 3.13. The molecule has 19 heavy (non-hydrogen) atoms. The molecule has 0 aliphatic rings. The Morgan fingerprint density at radius 3 is 2.79 bits per heavy atom. The molecule has 0 amide bonds. The Kier molecular flexibility index (Phi) is 4.18. The molecule has 0 aliphatic heterocycles.